The van der Waals surface area contributed by atoms with Crippen molar-refractivity contribution in [3.05, 3.63) is 78.1 Å². The molecule has 1 aliphatic heterocycles. The van der Waals surface area contributed by atoms with Gasteiger partial charge in [0.15, 0.2) is 0 Å². The summed E-state index contributed by atoms with van der Waals surface area (Å²) in [6.45, 7) is 7.47. The Bertz CT molecular complexity index is 1580. The Hall–Kier alpha value is -4.03. The molecule has 1 amide bonds. The van der Waals surface area contributed by atoms with Crippen molar-refractivity contribution in [2.75, 3.05) is 36.4 Å². The van der Waals surface area contributed by atoms with Crippen LogP contribution in [0.4, 0.5) is 11.6 Å². The third-order valence-electron chi connectivity index (χ3n) is 8.32. The normalized spacial score (nSPS) is 16.6. The average Bonchev–Trinajstić information content (AvgIpc) is 3.85. The molecule has 2 fully saturated rings. The molecule has 0 radical (unpaired) electrons. The van der Waals surface area contributed by atoms with Crippen molar-refractivity contribution in [1.29, 1.82) is 0 Å². The molecule has 1 atom stereocenters. The van der Waals surface area contributed by atoms with Crippen LogP contribution in [0.2, 0.25) is 0 Å². The molecule has 2 heterocycles. The van der Waals surface area contributed by atoms with Gasteiger partial charge in [-0.25, -0.2) is 18.4 Å². The van der Waals surface area contributed by atoms with E-state index in [1.165, 1.54) is 11.0 Å². The highest BCUT2D eigenvalue weighted by molar-refractivity contribution is 7.89. The molecular formula is C33H42N6O5S. The molecule has 0 bridgehead atoms. The van der Waals surface area contributed by atoms with Crippen molar-refractivity contribution in [2.45, 2.75) is 68.8 Å². The smallest absolute Gasteiger partial charge is 0.323 e. The molecule has 240 valence electrons. The van der Waals surface area contributed by atoms with Gasteiger partial charge in [0.2, 0.25) is 16.0 Å². The van der Waals surface area contributed by atoms with Gasteiger partial charge in [-0.2, -0.15) is 4.72 Å². The summed E-state index contributed by atoms with van der Waals surface area (Å²) in [5, 5.41) is 13.4. The molecule has 11 nitrogen and oxygen atoms in total. The van der Waals surface area contributed by atoms with E-state index in [2.05, 4.69) is 24.9 Å². The Labute approximate surface area is 265 Å². The van der Waals surface area contributed by atoms with Gasteiger partial charge in [0, 0.05) is 55.9 Å². The minimum absolute atomic E-state index is 0.0348. The number of aromatic nitrogens is 2. The van der Waals surface area contributed by atoms with Crippen LogP contribution in [0.3, 0.4) is 0 Å². The molecule has 1 aromatic heterocycles. The van der Waals surface area contributed by atoms with Gasteiger partial charge in [-0.05, 0) is 79.0 Å². The maximum Gasteiger partial charge on any atom is 0.323 e. The number of nitrogens with one attached hydrogen (secondary N) is 2. The van der Waals surface area contributed by atoms with E-state index in [0.29, 0.717) is 23.6 Å². The zero-order chi connectivity index (χ0) is 32.2. The van der Waals surface area contributed by atoms with Crippen LogP contribution >= 0.6 is 0 Å². The lowest BCUT2D eigenvalue weighted by atomic mass is 9.87. The Morgan fingerprint density at radius 2 is 1.62 bits per heavy atom. The van der Waals surface area contributed by atoms with Gasteiger partial charge in [-0.3, -0.25) is 9.59 Å². The Balaban J connectivity index is 1.26. The summed E-state index contributed by atoms with van der Waals surface area (Å²) >= 11 is 0. The van der Waals surface area contributed by atoms with Gasteiger partial charge >= 0.3 is 5.97 Å². The molecule has 3 aromatic rings. The van der Waals surface area contributed by atoms with E-state index >= 15 is 0 Å². The van der Waals surface area contributed by atoms with Crippen molar-refractivity contribution in [3.63, 3.8) is 0 Å². The molecular weight excluding hydrogens is 592 g/mol. The fraction of sp³-hybridized carbons (Fsp3) is 0.455. The van der Waals surface area contributed by atoms with Crippen LogP contribution in [0, 0.1) is 5.92 Å². The third kappa shape index (κ3) is 8.37. The SMILES string of the molecule is CC(C)(C)c1ccccc1S(=O)(=O)N[C@@H](CN(CC1CC1)C(=O)c1ccc(N2CCC(Nc3ncccn3)CC2)cc1)C(=O)O. The lowest BCUT2D eigenvalue weighted by Gasteiger charge is -2.34. The van der Waals surface area contributed by atoms with E-state index in [9.17, 15) is 23.1 Å². The monoisotopic (exact) mass is 634 g/mol. The van der Waals surface area contributed by atoms with Crippen molar-refractivity contribution in [3.8, 4) is 0 Å². The van der Waals surface area contributed by atoms with Crippen LogP contribution < -0.4 is 14.9 Å². The van der Waals surface area contributed by atoms with Crippen LogP contribution in [0.15, 0.2) is 71.9 Å². The van der Waals surface area contributed by atoms with Gasteiger partial charge in [0.05, 0.1) is 4.90 Å². The molecule has 45 heavy (non-hydrogen) atoms. The van der Waals surface area contributed by atoms with Crippen LogP contribution in [0.5, 0.6) is 0 Å². The van der Waals surface area contributed by atoms with Gasteiger partial charge in [-0.1, -0.05) is 39.0 Å². The predicted molar refractivity (Wildman–Crippen MR) is 173 cm³/mol. The minimum atomic E-state index is -4.19. The summed E-state index contributed by atoms with van der Waals surface area (Å²) in [5.41, 5.74) is 1.54. The Kier molecular flexibility index (Phi) is 9.73. The third-order valence-corrected chi connectivity index (χ3v) is 9.85. The van der Waals surface area contributed by atoms with Crippen molar-refractivity contribution in [2.24, 2.45) is 5.92 Å². The number of carboxylic acid groups (broad SMARTS) is 1. The number of carbonyl (C=O) groups excluding carboxylic acids is 1. The van der Waals surface area contributed by atoms with E-state index < -0.39 is 27.4 Å². The number of piperidine rings is 1. The number of rotatable bonds is 12. The van der Waals surface area contributed by atoms with Crippen LogP contribution in [-0.4, -0.2) is 78.5 Å². The first-order chi connectivity index (χ1) is 21.4. The average molecular weight is 635 g/mol. The van der Waals surface area contributed by atoms with E-state index in [4.69, 9.17) is 0 Å². The van der Waals surface area contributed by atoms with Gasteiger partial charge in [-0.15, -0.1) is 0 Å². The molecule has 1 aliphatic carbocycles. The molecule has 1 saturated carbocycles. The van der Waals surface area contributed by atoms with Crippen molar-refractivity contribution < 1.29 is 23.1 Å². The lowest BCUT2D eigenvalue weighted by Crippen LogP contribution is -2.50. The zero-order valence-corrected chi connectivity index (χ0v) is 26.8. The maximum absolute atomic E-state index is 13.7. The van der Waals surface area contributed by atoms with Gasteiger partial charge in [0.1, 0.15) is 6.04 Å². The number of anilines is 2. The van der Waals surface area contributed by atoms with Crippen molar-refractivity contribution in [1.82, 2.24) is 19.6 Å². The number of sulfonamides is 1. The number of hydrogen-bond donors (Lipinski definition) is 3. The van der Waals surface area contributed by atoms with Gasteiger partial charge < -0.3 is 20.2 Å². The highest BCUT2D eigenvalue weighted by Crippen LogP contribution is 2.31. The predicted octanol–water partition coefficient (Wildman–Crippen LogP) is 4.14. The largest absolute Gasteiger partial charge is 0.480 e. The van der Waals surface area contributed by atoms with Crippen LogP contribution in [0.1, 0.15) is 62.4 Å². The molecule has 5 rings (SSSR count). The quantitative estimate of drug-likeness (QED) is 0.268. The Morgan fingerprint density at radius 1 is 0.978 bits per heavy atom. The first-order valence-electron chi connectivity index (χ1n) is 15.4. The number of carbonyl (C=O) groups is 2. The summed E-state index contributed by atoms with van der Waals surface area (Å²) in [5.74, 6) is -0.758. The van der Waals surface area contributed by atoms with Gasteiger partial charge in [0.25, 0.3) is 5.91 Å². The maximum atomic E-state index is 13.7. The van der Waals surface area contributed by atoms with E-state index in [-0.39, 0.29) is 29.3 Å². The topological polar surface area (TPSA) is 145 Å². The molecule has 12 heteroatoms. The van der Waals surface area contributed by atoms with E-state index in [0.717, 1.165) is 44.5 Å². The van der Waals surface area contributed by atoms with E-state index in [1.807, 2.05) is 32.9 Å². The second kappa shape index (κ2) is 13.5. The highest BCUT2D eigenvalue weighted by atomic mass is 32.2. The summed E-state index contributed by atoms with van der Waals surface area (Å²) in [7, 11) is -4.19. The molecule has 0 unspecified atom stereocenters. The summed E-state index contributed by atoms with van der Waals surface area (Å²) in [6.07, 6.45) is 7.17. The molecule has 1 saturated heterocycles. The number of amides is 1. The second-order valence-corrected chi connectivity index (χ2v) is 14.6. The number of carboxylic acids is 1. The highest BCUT2D eigenvalue weighted by Gasteiger charge is 2.34. The fourth-order valence-electron chi connectivity index (χ4n) is 5.65. The zero-order valence-electron chi connectivity index (χ0n) is 26.0. The fourth-order valence-corrected chi connectivity index (χ4v) is 7.24. The van der Waals surface area contributed by atoms with Crippen LogP contribution in [-0.2, 0) is 20.2 Å². The second-order valence-electron chi connectivity index (χ2n) is 12.9. The summed E-state index contributed by atoms with van der Waals surface area (Å²) in [4.78, 5) is 38.3. The molecule has 3 N–H and O–H groups in total. The minimum Gasteiger partial charge on any atom is -0.480 e. The standard InChI is InChI=1S/C33H42N6O5S/c1-33(2,3)27-7-4-5-8-29(27)45(43,44)37-28(31(41)42)22-39(21-23-9-10-23)30(40)24-11-13-26(14-12-24)38-19-15-25(16-20-38)36-32-34-17-6-18-35-32/h4-8,11-14,17-18,23,25,28,37H,9-10,15-16,19-22H2,1-3H3,(H,41,42)(H,34,35,36)/t28-/m0/s1. The molecule has 2 aromatic carbocycles. The number of nitrogens with zero attached hydrogens (tertiary/aromatic N) is 4. The summed E-state index contributed by atoms with van der Waals surface area (Å²) in [6, 6.07) is 14.5. The van der Waals surface area contributed by atoms with Crippen LogP contribution in [0.25, 0.3) is 0 Å². The molecule has 2 aliphatic rings. The number of benzene rings is 2. The molecule has 0 spiro atoms. The first-order valence-corrected chi connectivity index (χ1v) is 16.9. The number of aliphatic carboxylic acids is 1. The van der Waals surface area contributed by atoms with E-state index in [1.54, 1.807) is 48.8 Å². The summed E-state index contributed by atoms with van der Waals surface area (Å²) < 4.78 is 29.3. The first kappa shape index (κ1) is 32.4. The van der Waals surface area contributed by atoms with Crippen molar-refractivity contribution >= 4 is 33.5 Å². The number of hydrogen-bond acceptors (Lipinski definition) is 8. The Morgan fingerprint density at radius 3 is 2.22 bits per heavy atom. The lowest BCUT2D eigenvalue weighted by molar-refractivity contribution is -0.139.